The number of pyridine rings is 1. The van der Waals surface area contributed by atoms with Gasteiger partial charge in [0.25, 0.3) is 0 Å². The van der Waals surface area contributed by atoms with Crippen LogP contribution in [0.3, 0.4) is 0 Å². The summed E-state index contributed by atoms with van der Waals surface area (Å²) in [6, 6.07) is 9.96. The van der Waals surface area contributed by atoms with E-state index in [-0.39, 0.29) is 6.04 Å². The molecule has 0 unspecified atom stereocenters. The smallest absolute Gasteiger partial charge is 0.250 e. The molecule has 0 radical (unpaired) electrons. The predicted octanol–water partition coefficient (Wildman–Crippen LogP) is 2.29. The zero-order valence-electron chi connectivity index (χ0n) is 13.3. The van der Waals surface area contributed by atoms with Crippen molar-refractivity contribution in [2.45, 2.75) is 18.9 Å². The van der Waals surface area contributed by atoms with Crippen molar-refractivity contribution in [2.75, 3.05) is 24.7 Å². The fourth-order valence-corrected chi connectivity index (χ4v) is 3.36. The minimum absolute atomic E-state index is 0.243. The quantitative estimate of drug-likeness (QED) is 0.937. The van der Waals surface area contributed by atoms with Crippen LogP contribution in [0.5, 0.6) is 11.5 Å². The van der Waals surface area contributed by atoms with Crippen molar-refractivity contribution in [1.29, 1.82) is 0 Å². The van der Waals surface area contributed by atoms with Gasteiger partial charge in [-0.2, -0.15) is 0 Å². The van der Waals surface area contributed by atoms with E-state index in [1.807, 2.05) is 12.1 Å². The highest BCUT2D eigenvalue weighted by Gasteiger charge is 2.28. The maximum atomic E-state index is 11.2. The van der Waals surface area contributed by atoms with Crippen molar-refractivity contribution in [3.63, 3.8) is 0 Å². The Bertz CT molecular complexity index is 761. The predicted molar refractivity (Wildman–Crippen MR) is 89.5 cm³/mol. The van der Waals surface area contributed by atoms with Crippen molar-refractivity contribution in [3.8, 4) is 11.5 Å². The van der Waals surface area contributed by atoms with Crippen molar-refractivity contribution < 1.29 is 14.3 Å². The third kappa shape index (κ3) is 2.64. The van der Waals surface area contributed by atoms with Crippen molar-refractivity contribution in [3.05, 3.63) is 47.7 Å². The Labute approximate surface area is 140 Å². The molecule has 3 heterocycles. The second-order valence-corrected chi connectivity index (χ2v) is 6.02. The molecule has 24 heavy (non-hydrogen) atoms. The van der Waals surface area contributed by atoms with E-state index in [1.165, 1.54) is 11.8 Å². The molecule has 2 aliphatic rings. The number of primary amides is 1. The number of fused-ring (bicyclic) bond motifs is 1. The monoisotopic (exact) mass is 325 g/mol. The highest BCUT2D eigenvalue weighted by atomic mass is 16.6. The molecule has 1 aromatic heterocycles. The van der Waals surface area contributed by atoms with E-state index in [0.717, 1.165) is 36.7 Å². The summed E-state index contributed by atoms with van der Waals surface area (Å²) in [5.74, 6) is 2.01. The first-order chi connectivity index (χ1) is 11.7. The lowest BCUT2D eigenvalue weighted by Gasteiger charge is -2.27. The molecule has 1 aromatic carbocycles. The number of aromatic nitrogens is 1. The third-order valence-corrected chi connectivity index (χ3v) is 4.53. The summed E-state index contributed by atoms with van der Waals surface area (Å²) in [7, 11) is 0. The van der Waals surface area contributed by atoms with Crippen LogP contribution in [0.1, 0.15) is 34.8 Å². The molecule has 2 aromatic rings. The minimum Gasteiger partial charge on any atom is -0.486 e. The molecule has 0 spiro atoms. The number of nitrogens with zero attached hydrogens (tertiary/aromatic N) is 2. The molecule has 6 nitrogen and oxygen atoms in total. The molecule has 2 N–H and O–H groups in total. The van der Waals surface area contributed by atoms with E-state index in [4.69, 9.17) is 15.2 Å². The van der Waals surface area contributed by atoms with Gasteiger partial charge in [-0.1, -0.05) is 6.07 Å². The molecule has 1 amide bonds. The molecular formula is C18H19N3O3. The number of benzene rings is 1. The summed E-state index contributed by atoms with van der Waals surface area (Å²) in [4.78, 5) is 17.9. The highest BCUT2D eigenvalue weighted by molar-refractivity contribution is 5.92. The van der Waals surface area contributed by atoms with E-state index in [9.17, 15) is 4.79 Å². The average molecular weight is 325 g/mol. The topological polar surface area (TPSA) is 77.7 Å². The fraction of sp³-hybridized carbons (Fsp3) is 0.333. The lowest BCUT2D eigenvalue weighted by atomic mass is 10.0. The summed E-state index contributed by atoms with van der Waals surface area (Å²) in [5, 5.41) is 0. The van der Waals surface area contributed by atoms with E-state index < -0.39 is 5.91 Å². The Kier molecular flexibility index (Phi) is 3.72. The van der Waals surface area contributed by atoms with E-state index in [1.54, 1.807) is 6.07 Å². The largest absolute Gasteiger partial charge is 0.486 e. The lowest BCUT2D eigenvalue weighted by molar-refractivity contribution is 0.1000. The van der Waals surface area contributed by atoms with E-state index >= 15 is 0 Å². The van der Waals surface area contributed by atoms with Crippen molar-refractivity contribution in [2.24, 2.45) is 5.73 Å². The van der Waals surface area contributed by atoms with Crippen molar-refractivity contribution >= 4 is 11.7 Å². The van der Waals surface area contributed by atoms with Gasteiger partial charge in [-0.3, -0.25) is 4.79 Å². The van der Waals surface area contributed by atoms with Gasteiger partial charge in [0.15, 0.2) is 11.5 Å². The van der Waals surface area contributed by atoms with Crippen LogP contribution in [0.15, 0.2) is 36.5 Å². The maximum absolute atomic E-state index is 11.2. The first-order valence-corrected chi connectivity index (χ1v) is 8.14. The summed E-state index contributed by atoms with van der Waals surface area (Å²) >= 11 is 0. The van der Waals surface area contributed by atoms with Crippen LogP contribution in [0.2, 0.25) is 0 Å². The molecule has 6 heteroatoms. The Hall–Kier alpha value is -2.76. The first-order valence-electron chi connectivity index (χ1n) is 8.14. The molecule has 124 valence electrons. The van der Waals surface area contributed by atoms with Crippen molar-refractivity contribution in [1.82, 2.24) is 4.98 Å². The van der Waals surface area contributed by atoms with E-state index in [2.05, 4.69) is 22.0 Å². The molecule has 4 rings (SSSR count). The molecule has 0 aliphatic carbocycles. The summed E-state index contributed by atoms with van der Waals surface area (Å²) in [5.41, 5.74) is 6.90. The Morgan fingerprint density at radius 3 is 2.75 bits per heavy atom. The van der Waals surface area contributed by atoms with Gasteiger partial charge in [0, 0.05) is 12.7 Å². The van der Waals surface area contributed by atoms with E-state index in [0.29, 0.717) is 18.8 Å². The number of hydrogen-bond acceptors (Lipinski definition) is 5. The number of rotatable bonds is 3. The molecule has 0 saturated carbocycles. The molecule has 1 saturated heterocycles. The Morgan fingerprint density at radius 2 is 2.00 bits per heavy atom. The van der Waals surface area contributed by atoms with Crippen LogP contribution < -0.4 is 20.1 Å². The van der Waals surface area contributed by atoms with Gasteiger partial charge in [-0.25, -0.2) is 4.98 Å². The average Bonchev–Trinajstić information content (AvgIpc) is 3.11. The molecular weight excluding hydrogens is 306 g/mol. The first kappa shape index (κ1) is 14.8. The molecule has 0 bridgehead atoms. The molecule has 1 fully saturated rings. The van der Waals surface area contributed by atoms with Gasteiger partial charge in [-0.15, -0.1) is 0 Å². The number of hydrogen-bond donors (Lipinski definition) is 1. The van der Waals surface area contributed by atoms with Gasteiger partial charge < -0.3 is 20.1 Å². The van der Waals surface area contributed by atoms with Crippen LogP contribution in [0, 0.1) is 0 Å². The van der Waals surface area contributed by atoms with Crippen LogP contribution >= 0.6 is 0 Å². The van der Waals surface area contributed by atoms with Gasteiger partial charge in [0.2, 0.25) is 5.91 Å². The lowest BCUT2D eigenvalue weighted by Crippen LogP contribution is -2.24. The summed E-state index contributed by atoms with van der Waals surface area (Å²) in [6.07, 6.45) is 3.69. The van der Waals surface area contributed by atoms with Crippen LogP contribution in [0.4, 0.5) is 5.82 Å². The summed E-state index contributed by atoms with van der Waals surface area (Å²) in [6.45, 7) is 2.11. The maximum Gasteiger partial charge on any atom is 0.250 e. The zero-order valence-corrected chi connectivity index (χ0v) is 13.3. The SMILES string of the molecule is NC(=O)c1ccc(N2CCC[C@@H]2c2ccc3c(c2)OCCO3)nc1. The number of amides is 1. The second kappa shape index (κ2) is 6.03. The van der Waals surface area contributed by atoms with Gasteiger partial charge in [0.05, 0.1) is 11.6 Å². The standard InChI is InChI=1S/C18H19N3O3/c19-18(22)13-4-6-17(20-11-13)21-7-1-2-14(21)12-3-5-15-16(10-12)24-9-8-23-15/h3-6,10-11,14H,1-2,7-9H2,(H2,19,22)/t14-/m1/s1. The van der Waals surface area contributed by atoms with Gasteiger partial charge in [-0.05, 0) is 42.7 Å². The fourth-order valence-electron chi connectivity index (χ4n) is 3.36. The van der Waals surface area contributed by atoms with Gasteiger partial charge in [0.1, 0.15) is 19.0 Å². The number of anilines is 1. The number of ether oxygens (including phenoxy) is 2. The third-order valence-electron chi connectivity index (χ3n) is 4.53. The van der Waals surface area contributed by atoms with Crippen LogP contribution in [0.25, 0.3) is 0 Å². The normalized spacial score (nSPS) is 19.3. The Balaban J connectivity index is 1.61. The number of carbonyl (C=O) groups is 1. The molecule has 1 atom stereocenters. The molecule has 2 aliphatic heterocycles. The minimum atomic E-state index is -0.459. The highest BCUT2D eigenvalue weighted by Crippen LogP contribution is 2.39. The Morgan fingerprint density at radius 1 is 1.17 bits per heavy atom. The van der Waals surface area contributed by atoms with Crippen LogP contribution in [-0.2, 0) is 0 Å². The van der Waals surface area contributed by atoms with Crippen LogP contribution in [-0.4, -0.2) is 30.6 Å². The second-order valence-electron chi connectivity index (χ2n) is 6.02. The summed E-state index contributed by atoms with van der Waals surface area (Å²) < 4.78 is 11.3. The van der Waals surface area contributed by atoms with Gasteiger partial charge >= 0.3 is 0 Å². The zero-order chi connectivity index (χ0) is 16.5. The number of carbonyl (C=O) groups excluding carboxylic acids is 1. The number of nitrogens with two attached hydrogens (primary N) is 1.